The molecule has 1 fully saturated rings. The second kappa shape index (κ2) is 5.97. The number of hydrogen-bond donors (Lipinski definition) is 2. The van der Waals surface area contributed by atoms with Crippen LogP contribution in [0.2, 0.25) is 0 Å². The standard InChI is InChI=1S/C13H22N4O2S/c1-4-5-15-12-16-10(14)9(20-12)11(18)17-6-7-19-13(2,3)8-17/h4-8,14H2,1-3H3,(H,15,16). The van der Waals surface area contributed by atoms with Gasteiger partial charge in [-0.3, -0.25) is 4.79 Å². The van der Waals surface area contributed by atoms with Gasteiger partial charge in [-0.05, 0) is 20.3 Å². The summed E-state index contributed by atoms with van der Waals surface area (Å²) < 4.78 is 5.62. The number of hydrogen-bond acceptors (Lipinski definition) is 6. The van der Waals surface area contributed by atoms with Crippen molar-refractivity contribution in [1.29, 1.82) is 0 Å². The molecule has 0 bridgehead atoms. The van der Waals surface area contributed by atoms with Gasteiger partial charge in [0, 0.05) is 19.6 Å². The van der Waals surface area contributed by atoms with Crippen LogP contribution in [0.4, 0.5) is 10.9 Å². The number of rotatable bonds is 4. The Bertz CT molecular complexity index is 487. The van der Waals surface area contributed by atoms with Crippen LogP contribution in [0.15, 0.2) is 0 Å². The summed E-state index contributed by atoms with van der Waals surface area (Å²) in [4.78, 5) is 19.0. The first kappa shape index (κ1) is 15.1. The zero-order valence-corrected chi connectivity index (χ0v) is 13.0. The van der Waals surface area contributed by atoms with Crippen molar-refractivity contribution in [2.75, 3.05) is 37.3 Å². The van der Waals surface area contributed by atoms with Crippen LogP contribution in [-0.2, 0) is 4.74 Å². The van der Waals surface area contributed by atoms with E-state index in [9.17, 15) is 4.79 Å². The summed E-state index contributed by atoms with van der Waals surface area (Å²) in [5.74, 6) is 0.254. The minimum Gasteiger partial charge on any atom is -0.382 e. The molecule has 112 valence electrons. The first-order chi connectivity index (χ1) is 9.43. The molecule has 0 aromatic carbocycles. The van der Waals surface area contributed by atoms with Gasteiger partial charge >= 0.3 is 0 Å². The second-order valence-electron chi connectivity index (χ2n) is 5.50. The number of carbonyl (C=O) groups excluding carboxylic acids is 1. The molecule has 2 rings (SSSR count). The maximum Gasteiger partial charge on any atom is 0.268 e. The smallest absolute Gasteiger partial charge is 0.268 e. The Morgan fingerprint density at radius 3 is 3.00 bits per heavy atom. The monoisotopic (exact) mass is 298 g/mol. The number of nitrogens with two attached hydrogens (primary N) is 1. The summed E-state index contributed by atoms with van der Waals surface area (Å²) in [5, 5.41) is 3.87. The number of nitrogen functional groups attached to an aromatic ring is 1. The van der Waals surface area contributed by atoms with Crippen LogP contribution in [0, 0.1) is 0 Å². The predicted molar refractivity (Wildman–Crippen MR) is 81.2 cm³/mol. The molecular formula is C13H22N4O2S. The Kier molecular flexibility index (Phi) is 4.49. The van der Waals surface area contributed by atoms with E-state index in [2.05, 4.69) is 17.2 Å². The number of thiazole rings is 1. The predicted octanol–water partition coefficient (Wildman–Crippen LogP) is 1.80. The highest BCUT2D eigenvalue weighted by Gasteiger charge is 2.32. The van der Waals surface area contributed by atoms with E-state index in [4.69, 9.17) is 10.5 Å². The van der Waals surface area contributed by atoms with Crippen molar-refractivity contribution >= 4 is 28.2 Å². The SMILES string of the molecule is CCCNc1nc(N)c(C(=O)N2CCOC(C)(C)C2)s1. The summed E-state index contributed by atoms with van der Waals surface area (Å²) >= 11 is 1.32. The lowest BCUT2D eigenvalue weighted by atomic mass is 10.1. The summed E-state index contributed by atoms with van der Waals surface area (Å²) in [5.41, 5.74) is 5.56. The van der Waals surface area contributed by atoms with E-state index < -0.39 is 0 Å². The Morgan fingerprint density at radius 2 is 2.35 bits per heavy atom. The molecule has 0 aliphatic carbocycles. The van der Waals surface area contributed by atoms with Crippen LogP contribution in [0.25, 0.3) is 0 Å². The first-order valence-electron chi connectivity index (χ1n) is 6.86. The number of anilines is 2. The second-order valence-corrected chi connectivity index (χ2v) is 6.49. The zero-order chi connectivity index (χ0) is 14.8. The van der Waals surface area contributed by atoms with Crippen LogP contribution in [0.1, 0.15) is 36.9 Å². The topological polar surface area (TPSA) is 80.5 Å². The van der Waals surface area contributed by atoms with Crippen LogP contribution in [-0.4, -0.2) is 47.6 Å². The fourth-order valence-electron chi connectivity index (χ4n) is 2.13. The third-order valence-corrected chi connectivity index (χ3v) is 4.10. The summed E-state index contributed by atoms with van der Waals surface area (Å²) in [6.07, 6.45) is 1.00. The highest BCUT2D eigenvalue weighted by molar-refractivity contribution is 7.18. The van der Waals surface area contributed by atoms with Gasteiger partial charge in [0.15, 0.2) is 5.13 Å². The van der Waals surface area contributed by atoms with Gasteiger partial charge in [-0.1, -0.05) is 18.3 Å². The molecule has 1 aliphatic rings. The summed E-state index contributed by atoms with van der Waals surface area (Å²) in [6, 6.07) is 0. The molecule has 1 amide bonds. The maximum atomic E-state index is 12.5. The molecule has 1 saturated heterocycles. The Labute approximate surface area is 123 Å². The molecular weight excluding hydrogens is 276 g/mol. The summed E-state index contributed by atoms with van der Waals surface area (Å²) in [6.45, 7) is 8.58. The number of nitrogens with zero attached hydrogens (tertiary/aromatic N) is 2. The van der Waals surface area contributed by atoms with Crippen molar-refractivity contribution in [3.05, 3.63) is 4.88 Å². The van der Waals surface area contributed by atoms with Gasteiger partial charge < -0.3 is 20.7 Å². The zero-order valence-electron chi connectivity index (χ0n) is 12.2. The fourth-order valence-corrected chi connectivity index (χ4v) is 3.00. The molecule has 1 aromatic heterocycles. The fraction of sp³-hybridized carbons (Fsp3) is 0.692. The van der Waals surface area contributed by atoms with Crippen molar-refractivity contribution in [2.45, 2.75) is 32.8 Å². The van der Waals surface area contributed by atoms with Crippen LogP contribution in [0.5, 0.6) is 0 Å². The average Bonchev–Trinajstić information content (AvgIpc) is 2.75. The van der Waals surface area contributed by atoms with Crippen LogP contribution < -0.4 is 11.1 Å². The van der Waals surface area contributed by atoms with Crippen molar-refractivity contribution in [2.24, 2.45) is 0 Å². The van der Waals surface area contributed by atoms with Gasteiger partial charge in [0.05, 0.1) is 12.2 Å². The highest BCUT2D eigenvalue weighted by atomic mass is 32.1. The summed E-state index contributed by atoms with van der Waals surface area (Å²) in [7, 11) is 0. The van der Waals surface area contributed by atoms with E-state index >= 15 is 0 Å². The van der Waals surface area contributed by atoms with Gasteiger partial charge in [-0.15, -0.1) is 0 Å². The average molecular weight is 298 g/mol. The Morgan fingerprint density at radius 1 is 1.60 bits per heavy atom. The highest BCUT2D eigenvalue weighted by Crippen LogP contribution is 2.28. The lowest BCUT2D eigenvalue weighted by Crippen LogP contribution is -2.50. The lowest BCUT2D eigenvalue weighted by Gasteiger charge is -2.37. The number of nitrogens with one attached hydrogen (secondary N) is 1. The van der Waals surface area contributed by atoms with Crippen LogP contribution in [0.3, 0.4) is 0 Å². The van der Waals surface area contributed by atoms with Gasteiger partial charge in [0.2, 0.25) is 0 Å². The van der Waals surface area contributed by atoms with E-state index in [1.807, 2.05) is 13.8 Å². The third-order valence-electron chi connectivity index (χ3n) is 3.09. The van der Waals surface area contributed by atoms with Crippen molar-refractivity contribution in [3.8, 4) is 0 Å². The van der Waals surface area contributed by atoms with Crippen LogP contribution >= 0.6 is 11.3 Å². The quantitative estimate of drug-likeness (QED) is 0.886. The van der Waals surface area contributed by atoms with E-state index in [0.717, 1.165) is 13.0 Å². The normalized spacial score (nSPS) is 18.1. The van der Waals surface area contributed by atoms with Gasteiger partial charge in [0.1, 0.15) is 10.7 Å². The number of ether oxygens (including phenoxy) is 1. The van der Waals surface area contributed by atoms with Crippen molar-refractivity contribution in [3.63, 3.8) is 0 Å². The molecule has 0 spiro atoms. The van der Waals surface area contributed by atoms with Gasteiger partial charge in [0.25, 0.3) is 5.91 Å². The molecule has 1 aromatic rings. The Balaban J connectivity index is 2.10. The number of aromatic nitrogens is 1. The Hall–Kier alpha value is -1.34. The number of amides is 1. The third kappa shape index (κ3) is 3.40. The minimum atomic E-state index is -0.309. The minimum absolute atomic E-state index is 0.0547. The van der Waals surface area contributed by atoms with Crippen molar-refractivity contribution < 1.29 is 9.53 Å². The molecule has 2 heterocycles. The molecule has 3 N–H and O–H groups in total. The molecule has 20 heavy (non-hydrogen) atoms. The van der Waals surface area contributed by atoms with E-state index in [1.165, 1.54) is 11.3 Å². The number of carbonyl (C=O) groups is 1. The van der Waals surface area contributed by atoms with Gasteiger partial charge in [-0.2, -0.15) is 0 Å². The molecule has 0 unspecified atom stereocenters. The number of morpholine rings is 1. The van der Waals surface area contributed by atoms with E-state index in [0.29, 0.717) is 35.5 Å². The van der Waals surface area contributed by atoms with E-state index in [-0.39, 0.29) is 11.5 Å². The first-order valence-corrected chi connectivity index (χ1v) is 7.68. The molecule has 7 heteroatoms. The molecule has 0 radical (unpaired) electrons. The molecule has 6 nitrogen and oxygen atoms in total. The lowest BCUT2D eigenvalue weighted by molar-refractivity contribution is -0.0762. The van der Waals surface area contributed by atoms with E-state index in [1.54, 1.807) is 4.90 Å². The van der Waals surface area contributed by atoms with Crippen molar-refractivity contribution in [1.82, 2.24) is 9.88 Å². The molecule has 0 atom stereocenters. The largest absolute Gasteiger partial charge is 0.382 e. The maximum absolute atomic E-state index is 12.5. The molecule has 1 aliphatic heterocycles. The molecule has 0 saturated carbocycles. The van der Waals surface area contributed by atoms with Gasteiger partial charge in [-0.25, -0.2) is 4.98 Å².